The number of likely N-dealkylation sites (tertiary alicyclic amines) is 1. The molecule has 0 spiro atoms. The number of benzene rings is 1. The third-order valence-corrected chi connectivity index (χ3v) is 4.00. The summed E-state index contributed by atoms with van der Waals surface area (Å²) < 4.78 is 5.26. The molecule has 0 N–H and O–H groups in total. The van der Waals surface area contributed by atoms with Gasteiger partial charge in [0.25, 0.3) is 0 Å². The smallest absolute Gasteiger partial charge is 0.249 e. The maximum Gasteiger partial charge on any atom is 0.249 e. The lowest BCUT2D eigenvalue weighted by Crippen LogP contribution is -2.27. The van der Waals surface area contributed by atoms with Crippen LogP contribution in [0.3, 0.4) is 0 Å². The van der Waals surface area contributed by atoms with E-state index < -0.39 is 0 Å². The lowest BCUT2D eigenvalue weighted by molar-refractivity contribution is -0.130. The van der Waals surface area contributed by atoms with E-state index in [4.69, 9.17) is 4.52 Å². The molecule has 1 aliphatic rings. The van der Waals surface area contributed by atoms with Crippen LogP contribution in [0.25, 0.3) is 0 Å². The lowest BCUT2D eigenvalue weighted by atomic mass is 10.0. The van der Waals surface area contributed by atoms with E-state index in [-0.39, 0.29) is 11.9 Å². The van der Waals surface area contributed by atoms with Crippen molar-refractivity contribution in [3.63, 3.8) is 0 Å². The summed E-state index contributed by atoms with van der Waals surface area (Å²) in [5.74, 6) is 1.30. The SMILES string of the molecule is Cc1ccc(CN2C(=O)CCC2c2nc(C)no2)c(C)c1. The lowest BCUT2D eigenvalue weighted by Gasteiger charge is -2.23. The Kier molecular flexibility index (Phi) is 3.49. The highest BCUT2D eigenvalue weighted by Gasteiger charge is 2.35. The van der Waals surface area contributed by atoms with Crippen LogP contribution in [-0.4, -0.2) is 20.9 Å². The molecule has 1 aliphatic heterocycles. The molecule has 21 heavy (non-hydrogen) atoms. The van der Waals surface area contributed by atoms with Crippen molar-refractivity contribution in [3.8, 4) is 0 Å². The van der Waals surface area contributed by atoms with Crippen LogP contribution in [-0.2, 0) is 11.3 Å². The molecular formula is C16H19N3O2. The fourth-order valence-electron chi connectivity index (χ4n) is 2.84. The second-order valence-electron chi connectivity index (χ2n) is 5.69. The van der Waals surface area contributed by atoms with Gasteiger partial charge in [0.1, 0.15) is 6.04 Å². The molecule has 1 fully saturated rings. The molecule has 1 unspecified atom stereocenters. The van der Waals surface area contributed by atoms with Crippen molar-refractivity contribution in [1.82, 2.24) is 15.0 Å². The predicted molar refractivity (Wildman–Crippen MR) is 77.5 cm³/mol. The van der Waals surface area contributed by atoms with Gasteiger partial charge in [0.05, 0.1) is 0 Å². The number of carbonyl (C=O) groups excluding carboxylic acids is 1. The summed E-state index contributed by atoms with van der Waals surface area (Å²) in [5.41, 5.74) is 3.60. The Bertz CT molecular complexity index is 678. The minimum Gasteiger partial charge on any atom is -0.337 e. The first-order valence-electron chi connectivity index (χ1n) is 7.20. The minimum atomic E-state index is -0.0978. The first-order valence-corrected chi connectivity index (χ1v) is 7.20. The van der Waals surface area contributed by atoms with E-state index >= 15 is 0 Å². The fraction of sp³-hybridized carbons (Fsp3) is 0.438. The molecule has 2 aromatic rings. The van der Waals surface area contributed by atoms with Crippen molar-refractivity contribution in [3.05, 3.63) is 46.6 Å². The van der Waals surface area contributed by atoms with Gasteiger partial charge in [-0.05, 0) is 38.3 Å². The number of rotatable bonds is 3. The number of aromatic nitrogens is 2. The number of carbonyl (C=O) groups is 1. The number of nitrogens with zero attached hydrogens (tertiary/aromatic N) is 3. The van der Waals surface area contributed by atoms with E-state index in [1.54, 1.807) is 6.92 Å². The number of hydrogen-bond donors (Lipinski definition) is 0. The molecule has 0 bridgehead atoms. The van der Waals surface area contributed by atoms with E-state index in [0.29, 0.717) is 24.7 Å². The Balaban J connectivity index is 1.86. The Morgan fingerprint density at radius 2 is 2.14 bits per heavy atom. The average Bonchev–Trinajstić information content (AvgIpc) is 3.00. The summed E-state index contributed by atoms with van der Waals surface area (Å²) >= 11 is 0. The Hall–Kier alpha value is -2.17. The van der Waals surface area contributed by atoms with Gasteiger partial charge in [-0.25, -0.2) is 0 Å². The molecule has 1 atom stereocenters. The molecule has 1 aromatic carbocycles. The Labute approximate surface area is 124 Å². The van der Waals surface area contributed by atoms with Crippen LogP contribution in [0.15, 0.2) is 22.7 Å². The largest absolute Gasteiger partial charge is 0.337 e. The van der Waals surface area contributed by atoms with Crippen molar-refractivity contribution in [2.75, 3.05) is 0 Å². The number of aryl methyl sites for hydroxylation is 3. The van der Waals surface area contributed by atoms with Crippen LogP contribution in [0, 0.1) is 20.8 Å². The first-order chi connectivity index (χ1) is 10.0. The van der Waals surface area contributed by atoms with Crippen molar-refractivity contribution in [2.24, 2.45) is 0 Å². The van der Waals surface area contributed by atoms with Crippen LogP contribution in [0.5, 0.6) is 0 Å². The molecule has 1 amide bonds. The summed E-state index contributed by atoms with van der Waals surface area (Å²) in [4.78, 5) is 18.3. The highest BCUT2D eigenvalue weighted by Crippen LogP contribution is 2.33. The van der Waals surface area contributed by atoms with Crippen molar-refractivity contribution in [1.29, 1.82) is 0 Å². The van der Waals surface area contributed by atoms with Crippen LogP contribution >= 0.6 is 0 Å². The monoisotopic (exact) mass is 285 g/mol. The summed E-state index contributed by atoms with van der Waals surface area (Å²) in [6.07, 6.45) is 1.28. The zero-order valence-electron chi connectivity index (χ0n) is 12.6. The van der Waals surface area contributed by atoms with Gasteiger partial charge in [-0.2, -0.15) is 4.98 Å². The second kappa shape index (κ2) is 5.31. The quantitative estimate of drug-likeness (QED) is 0.870. The molecule has 0 radical (unpaired) electrons. The zero-order chi connectivity index (χ0) is 15.0. The van der Waals surface area contributed by atoms with Crippen molar-refractivity contribution < 1.29 is 9.32 Å². The van der Waals surface area contributed by atoms with Crippen molar-refractivity contribution >= 4 is 5.91 Å². The zero-order valence-corrected chi connectivity index (χ0v) is 12.6. The van der Waals surface area contributed by atoms with E-state index in [1.165, 1.54) is 11.1 Å². The van der Waals surface area contributed by atoms with Crippen LogP contribution < -0.4 is 0 Å². The first kappa shape index (κ1) is 13.8. The summed E-state index contributed by atoms with van der Waals surface area (Å²) in [6.45, 7) is 6.53. The molecule has 2 heterocycles. The standard InChI is InChI=1S/C16H19N3O2/c1-10-4-5-13(11(2)8-10)9-19-14(6-7-15(19)20)16-17-12(3)18-21-16/h4-5,8,14H,6-7,9H2,1-3H3. The van der Waals surface area contributed by atoms with Crippen LogP contribution in [0.2, 0.25) is 0 Å². The molecule has 5 heteroatoms. The van der Waals surface area contributed by atoms with Gasteiger partial charge in [0.15, 0.2) is 5.82 Å². The summed E-state index contributed by atoms with van der Waals surface area (Å²) in [5, 5.41) is 3.83. The maximum atomic E-state index is 12.2. The van der Waals surface area contributed by atoms with Crippen LogP contribution in [0.4, 0.5) is 0 Å². The molecule has 0 aliphatic carbocycles. The molecule has 1 aromatic heterocycles. The summed E-state index contributed by atoms with van der Waals surface area (Å²) in [6, 6.07) is 6.21. The molecule has 110 valence electrons. The molecular weight excluding hydrogens is 266 g/mol. The highest BCUT2D eigenvalue weighted by molar-refractivity contribution is 5.78. The Morgan fingerprint density at radius 3 is 2.81 bits per heavy atom. The van der Waals surface area contributed by atoms with E-state index in [9.17, 15) is 4.79 Å². The van der Waals surface area contributed by atoms with E-state index in [2.05, 4.69) is 42.2 Å². The van der Waals surface area contributed by atoms with E-state index in [0.717, 1.165) is 12.0 Å². The van der Waals surface area contributed by atoms with Gasteiger partial charge >= 0.3 is 0 Å². The van der Waals surface area contributed by atoms with Gasteiger partial charge in [-0.3, -0.25) is 4.79 Å². The van der Waals surface area contributed by atoms with Gasteiger partial charge < -0.3 is 9.42 Å². The van der Waals surface area contributed by atoms with Gasteiger partial charge in [0.2, 0.25) is 11.8 Å². The number of hydrogen-bond acceptors (Lipinski definition) is 4. The molecule has 5 nitrogen and oxygen atoms in total. The topological polar surface area (TPSA) is 59.2 Å². The van der Waals surface area contributed by atoms with Crippen LogP contribution in [0.1, 0.15) is 47.3 Å². The second-order valence-corrected chi connectivity index (χ2v) is 5.69. The average molecular weight is 285 g/mol. The third-order valence-electron chi connectivity index (χ3n) is 4.00. The molecule has 0 saturated carbocycles. The fourth-order valence-corrected chi connectivity index (χ4v) is 2.84. The van der Waals surface area contributed by atoms with Gasteiger partial charge in [0, 0.05) is 13.0 Å². The number of amides is 1. The Morgan fingerprint density at radius 1 is 1.33 bits per heavy atom. The highest BCUT2D eigenvalue weighted by atomic mass is 16.5. The maximum absolute atomic E-state index is 12.2. The van der Waals surface area contributed by atoms with Crippen molar-refractivity contribution in [2.45, 2.75) is 46.2 Å². The minimum absolute atomic E-state index is 0.0978. The molecule has 3 rings (SSSR count). The third kappa shape index (κ3) is 2.68. The van der Waals surface area contributed by atoms with E-state index in [1.807, 2.05) is 4.90 Å². The normalized spacial score (nSPS) is 18.5. The molecule has 1 saturated heterocycles. The summed E-state index contributed by atoms with van der Waals surface area (Å²) in [7, 11) is 0. The predicted octanol–water partition coefficient (Wildman–Crippen LogP) is 2.86. The van der Waals surface area contributed by atoms with Gasteiger partial charge in [-0.15, -0.1) is 0 Å². The van der Waals surface area contributed by atoms with Gasteiger partial charge in [-0.1, -0.05) is 28.9 Å².